The summed E-state index contributed by atoms with van der Waals surface area (Å²) < 4.78 is 0. The number of anilines is 1. The summed E-state index contributed by atoms with van der Waals surface area (Å²) in [6.07, 6.45) is 2.34. The number of Topliss-reactive ketones (excluding diaryl/α,β-unsaturated/α-hetero) is 1. The van der Waals surface area contributed by atoms with Crippen LogP contribution in [-0.2, 0) is 14.4 Å². The van der Waals surface area contributed by atoms with Gasteiger partial charge in [-0.2, -0.15) is 0 Å². The first-order chi connectivity index (χ1) is 12.3. The van der Waals surface area contributed by atoms with Gasteiger partial charge < -0.3 is 16.0 Å². The van der Waals surface area contributed by atoms with Crippen LogP contribution >= 0.6 is 0 Å². The summed E-state index contributed by atoms with van der Waals surface area (Å²) in [7, 11) is 0. The van der Waals surface area contributed by atoms with Crippen molar-refractivity contribution in [3.63, 3.8) is 0 Å². The average Bonchev–Trinajstić information content (AvgIpc) is 2.61. The quantitative estimate of drug-likeness (QED) is 0.614. The highest BCUT2D eigenvalue weighted by Crippen LogP contribution is 2.18. The van der Waals surface area contributed by atoms with Crippen molar-refractivity contribution >= 4 is 29.2 Å². The maximum Gasteiger partial charge on any atom is 0.249 e. The van der Waals surface area contributed by atoms with E-state index in [4.69, 9.17) is 5.73 Å². The Hall–Kier alpha value is -2.96. The fourth-order valence-electron chi connectivity index (χ4n) is 2.84. The Balaban J connectivity index is 1.93. The molecule has 1 saturated heterocycles. The summed E-state index contributed by atoms with van der Waals surface area (Å²) in [5, 5.41) is 2.66. The van der Waals surface area contributed by atoms with E-state index in [1.54, 1.807) is 36.1 Å². The van der Waals surface area contributed by atoms with E-state index in [1.807, 2.05) is 0 Å². The van der Waals surface area contributed by atoms with E-state index >= 15 is 0 Å². The Morgan fingerprint density at radius 1 is 1.08 bits per heavy atom. The highest BCUT2D eigenvalue weighted by Gasteiger charge is 2.26. The molecule has 0 aliphatic carbocycles. The van der Waals surface area contributed by atoms with Gasteiger partial charge in [-0.05, 0) is 51.0 Å². The van der Waals surface area contributed by atoms with Crippen molar-refractivity contribution in [1.29, 1.82) is 0 Å². The Morgan fingerprint density at radius 3 is 2.15 bits per heavy atom. The van der Waals surface area contributed by atoms with Crippen LogP contribution in [0.25, 0.3) is 0 Å². The zero-order chi connectivity index (χ0) is 19.3. The van der Waals surface area contributed by atoms with Gasteiger partial charge in [-0.15, -0.1) is 0 Å². The van der Waals surface area contributed by atoms with Crippen LogP contribution in [0.1, 0.15) is 37.0 Å². The largest absolute Gasteiger partial charge is 0.369 e. The van der Waals surface area contributed by atoms with E-state index in [0.717, 1.165) is 0 Å². The van der Waals surface area contributed by atoms with Crippen LogP contribution < -0.4 is 11.1 Å². The third-order valence-electron chi connectivity index (χ3n) is 4.43. The highest BCUT2D eigenvalue weighted by molar-refractivity contribution is 6.06. The summed E-state index contributed by atoms with van der Waals surface area (Å²) >= 11 is 0. The third kappa shape index (κ3) is 5.02. The molecule has 3 amide bonds. The van der Waals surface area contributed by atoms with Crippen LogP contribution in [0.15, 0.2) is 35.9 Å². The molecule has 26 heavy (non-hydrogen) atoms. The van der Waals surface area contributed by atoms with Crippen molar-refractivity contribution in [3.8, 4) is 0 Å². The number of rotatable bonds is 5. The first kappa shape index (κ1) is 19.4. The summed E-state index contributed by atoms with van der Waals surface area (Å²) in [5.74, 6) is -1.22. The number of primary amides is 1. The second kappa shape index (κ2) is 8.42. The minimum absolute atomic E-state index is 0.0516. The van der Waals surface area contributed by atoms with E-state index < -0.39 is 5.91 Å². The SMILES string of the molecule is CC(=O)c1ccc(NC(=O)/C=C(/C)C(=O)N2CCC(C(N)=O)CC2)cc1. The maximum atomic E-state index is 12.4. The molecule has 0 radical (unpaired) electrons. The van der Waals surface area contributed by atoms with Gasteiger partial charge in [0.05, 0.1) is 0 Å². The van der Waals surface area contributed by atoms with Gasteiger partial charge in [0.2, 0.25) is 17.7 Å². The van der Waals surface area contributed by atoms with E-state index in [9.17, 15) is 19.2 Å². The molecule has 0 unspecified atom stereocenters. The normalized spacial score (nSPS) is 15.5. The van der Waals surface area contributed by atoms with E-state index in [1.165, 1.54) is 13.0 Å². The lowest BCUT2D eigenvalue weighted by Crippen LogP contribution is -2.42. The first-order valence-electron chi connectivity index (χ1n) is 8.47. The first-order valence-corrected chi connectivity index (χ1v) is 8.47. The van der Waals surface area contributed by atoms with E-state index in [0.29, 0.717) is 42.8 Å². The van der Waals surface area contributed by atoms with Gasteiger partial charge >= 0.3 is 0 Å². The number of amides is 3. The maximum absolute atomic E-state index is 12.4. The lowest BCUT2D eigenvalue weighted by molar-refractivity contribution is -0.131. The number of likely N-dealkylation sites (tertiary alicyclic amines) is 1. The van der Waals surface area contributed by atoms with Gasteiger partial charge in [-0.25, -0.2) is 0 Å². The summed E-state index contributed by atoms with van der Waals surface area (Å²) in [6, 6.07) is 6.52. The van der Waals surface area contributed by atoms with Crippen molar-refractivity contribution in [2.75, 3.05) is 18.4 Å². The standard InChI is InChI=1S/C19H23N3O4/c1-12(19(26)22-9-7-15(8-10-22)18(20)25)11-17(24)21-16-5-3-14(4-6-16)13(2)23/h3-6,11,15H,7-10H2,1-2H3,(H2,20,25)(H,21,24)/b12-11-. The number of carbonyl (C=O) groups is 4. The number of hydrogen-bond acceptors (Lipinski definition) is 4. The number of carbonyl (C=O) groups excluding carboxylic acids is 4. The number of nitrogens with one attached hydrogen (secondary N) is 1. The number of benzene rings is 1. The number of hydrogen-bond donors (Lipinski definition) is 2. The second-order valence-corrected chi connectivity index (χ2v) is 6.42. The molecule has 1 aliphatic rings. The Labute approximate surface area is 152 Å². The fraction of sp³-hybridized carbons (Fsp3) is 0.368. The number of piperidine rings is 1. The monoisotopic (exact) mass is 357 g/mol. The predicted molar refractivity (Wildman–Crippen MR) is 97.3 cm³/mol. The summed E-state index contributed by atoms with van der Waals surface area (Å²) in [5.41, 5.74) is 6.71. The molecule has 3 N–H and O–H groups in total. The number of nitrogens with zero attached hydrogens (tertiary/aromatic N) is 1. The molecule has 0 saturated carbocycles. The van der Waals surface area contributed by atoms with Gasteiger partial charge in [0.25, 0.3) is 0 Å². The zero-order valence-electron chi connectivity index (χ0n) is 15.0. The van der Waals surface area contributed by atoms with E-state index in [-0.39, 0.29) is 23.5 Å². The molecule has 1 fully saturated rings. The third-order valence-corrected chi connectivity index (χ3v) is 4.43. The molecular weight excluding hydrogens is 334 g/mol. The molecule has 0 bridgehead atoms. The molecule has 7 nitrogen and oxygen atoms in total. The zero-order valence-corrected chi connectivity index (χ0v) is 15.0. The molecular formula is C19H23N3O4. The minimum Gasteiger partial charge on any atom is -0.369 e. The van der Waals surface area contributed by atoms with Crippen LogP contribution in [-0.4, -0.2) is 41.5 Å². The second-order valence-electron chi connectivity index (χ2n) is 6.42. The highest BCUT2D eigenvalue weighted by atomic mass is 16.2. The van der Waals surface area contributed by atoms with Crippen molar-refractivity contribution < 1.29 is 19.2 Å². The van der Waals surface area contributed by atoms with Gasteiger partial charge in [0, 0.05) is 41.9 Å². The smallest absolute Gasteiger partial charge is 0.249 e. The molecule has 0 atom stereocenters. The lowest BCUT2D eigenvalue weighted by atomic mass is 9.96. The van der Waals surface area contributed by atoms with E-state index in [2.05, 4.69) is 5.32 Å². The van der Waals surface area contributed by atoms with Crippen LogP contribution in [0, 0.1) is 5.92 Å². The molecule has 1 aromatic carbocycles. The van der Waals surface area contributed by atoms with Crippen LogP contribution in [0.5, 0.6) is 0 Å². The molecule has 138 valence electrons. The van der Waals surface area contributed by atoms with Crippen LogP contribution in [0.3, 0.4) is 0 Å². The summed E-state index contributed by atoms with van der Waals surface area (Å²) in [6.45, 7) is 3.95. The molecule has 0 aromatic heterocycles. The fourth-order valence-corrected chi connectivity index (χ4v) is 2.84. The minimum atomic E-state index is -0.418. The Bertz CT molecular complexity index is 745. The Morgan fingerprint density at radius 2 is 1.65 bits per heavy atom. The lowest BCUT2D eigenvalue weighted by Gasteiger charge is -2.30. The molecule has 7 heteroatoms. The van der Waals surface area contributed by atoms with Crippen molar-refractivity contribution in [3.05, 3.63) is 41.5 Å². The van der Waals surface area contributed by atoms with Crippen molar-refractivity contribution in [2.24, 2.45) is 11.7 Å². The van der Waals surface area contributed by atoms with Gasteiger partial charge in [-0.3, -0.25) is 19.2 Å². The topological polar surface area (TPSA) is 110 Å². The molecule has 1 aliphatic heterocycles. The van der Waals surface area contributed by atoms with Crippen molar-refractivity contribution in [2.45, 2.75) is 26.7 Å². The predicted octanol–water partition coefficient (Wildman–Crippen LogP) is 1.50. The van der Waals surface area contributed by atoms with Gasteiger partial charge in [0.1, 0.15) is 0 Å². The van der Waals surface area contributed by atoms with Crippen molar-refractivity contribution in [1.82, 2.24) is 4.90 Å². The van der Waals surface area contributed by atoms with Gasteiger partial charge in [-0.1, -0.05) is 0 Å². The number of nitrogens with two attached hydrogens (primary N) is 1. The Kier molecular flexibility index (Phi) is 6.27. The molecule has 1 aromatic rings. The molecule has 2 rings (SSSR count). The molecule has 1 heterocycles. The van der Waals surface area contributed by atoms with Crippen LogP contribution in [0.4, 0.5) is 5.69 Å². The van der Waals surface area contributed by atoms with Crippen LogP contribution in [0.2, 0.25) is 0 Å². The summed E-state index contributed by atoms with van der Waals surface area (Å²) in [4.78, 5) is 48.5. The molecule has 0 spiro atoms. The van der Waals surface area contributed by atoms with Gasteiger partial charge in [0.15, 0.2) is 5.78 Å². The average molecular weight is 357 g/mol. The number of ketones is 1.